The molecule has 2 heterocycles. The SMILES string of the molecule is [C-]#[N+]c1nc(N[C@H]2CO[C@H](CO)[C@H](O)[C@@H]2O)cc(C(F)(F)F)n1. The molecular weight excluding hydrogens is 321 g/mol. The first-order valence-electron chi connectivity index (χ1n) is 6.45. The van der Waals surface area contributed by atoms with Crippen LogP contribution in [0.2, 0.25) is 0 Å². The Morgan fingerprint density at radius 3 is 2.61 bits per heavy atom. The fourth-order valence-corrected chi connectivity index (χ4v) is 2.06. The van der Waals surface area contributed by atoms with Crippen molar-refractivity contribution in [2.24, 2.45) is 0 Å². The molecule has 23 heavy (non-hydrogen) atoms. The molecule has 1 fully saturated rings. The minimum Gasteiger partial charge on any atom is -0.394 e. The number of alkyl halides is 3. The van der Waals surface area contributed by atoms with E-state index in [2.05, 4.69) is 20.1 Å². The van der Waals surface area contributed by atoms with Crippen LogP contribution in [0, 0.1) is 6.57 Å². The molecule has 0 bridgehead atoms. The molecule has 11 heteroatoms. The summed E-state index contributed by atoms with van der Waals surface area (Å²) in [5.41, 5.74) is -1.30. The third kappa shape index (κ3) is 3.85. The van der Waals surface area contributed by atoms with E-state index in [4.69, 9.17) is 16.4 Å². The highest BCUT2D eigenvalue weighted by Crippen LogP contribution is 2.30. The van der Waals surface area contributed by atoms with E-state index in [9.17, 15) is 23.4 Å². The summed E-state index contributed by atoms with van der Waals surface area (Å²) in [6.07, 6.45) is -8.57. The molecular formula is C12H13F3N4O4. The molecule has 0 saturated carbocycles. The normalized spacial score (nSPS) is 28.2. The van der Waals surface area contributed by atoms with Gasteiger partial charge in [-0.25, -0.2) is 0 Å². The first-order valence-corrected chi connectivity index (χ1v) is 6.45. The molecule has 2 rings (SSSR count). The van der Waals surface area contributed by atoms with Crippen LogP contribution >= 0.6 is 0 Å². The smallest absolute Gasteiger partial charge is 0.394 e. The number of hydrogen-bond acceptors (Lipinski definition) is 7. The third-order valence-corrected chi connectivity index (χ3v) is 3.25. The fraction of sp³-hybridized carbons (Fsp3) is 0.583. The Bertz CT molecular complexity index is 607. The minimum atomic E-state index is -4.76. The van der Waals surface area contributed by atoms with Gasteiger partial charge in [0.15, 0.2) is 5.82 Å². The highest BCUT2D eigenvalue weighted by atomic mass is 19.4. The van der Waals surface area contributed by atoms with Crippen molar-refractivity contribution in [3.63, 3.8) is 0 Å². The summed E-state index contributed by atoms with van der Waals surface area (Å²) < 4.78 is 43.3. The van der Waals surface area contributed by atoms with Crippen LogP contribution in [0.3, 0.4) is 0 Å². The summed E-state index contributed by atoms with van der Waals surface area (Å²) in [5, 5.41) is 31.1. The molecule has 1 aliphatic rings. The van der Waals surface area contributed by atoms with E-state index in [0.717, 1.165) is 0 Å². The molecule has 4 atom stereocenters. The van der Waals surface area contributed by atoms with E-state index in [1.54, 1.807) is 0 Å². The van der Waals surface area contributed by atoms with Gasteiger partial charge in [0.1, 0.15) is 18.3 Å². The van der Waals surface area contributed by atoms with E-state index < -0.39 is 48.8 Å². The van der Waals surface area contributed by atoms with Crippen LogP contribution in [0.5, 0.6) is 0 Å². The molecule has 0 aliphatic carbocycles. The lowest BCUT2D eigenvalue weighted by atomic mass is 9.98. The Labute approximate surface area is 128 Å². The second-order valence-corrected chi connectivity index (χ2v) is 4.83. The van der Waals surface area contributed by atoms with Crippen molar-refractivity contribution in [3.05, 3.63) is 23.2 Å². The summed E-state index contributed by atoms with van der Waals surface area (Å²) in [4.78, 5) is 9.42. The van der Waals surface area contributed by atoms with E-state index in [1.807, 2.05) is 0 Å². The van der Waals surface area contributed by atoms with E-state index >= 15 is 0 Å². The molecule has 0 amide bonds. The number of hydrogen-bond donors (Lipinski definition) is 4. The molecule has 1 aromatic rings. The highest BCUT2D eigenvalue weighted by Gasteiger charge is 2.40. The largest absolute Gasteiger partial charge is 0.447 e. The summed E-state index contributed by atoms with van der Waals surface area (Å²) in [7, 11) is 0. The summed E-state index contributed by atoms with van der Waals surface area (Å²) in [5.74, 6) is -1.04. The number of ether oxygens (including phenoxy) is 1. The molecule has 1 aliphatic heterocycles. The molecule has 0 spiro atoms. The van der Waals surface area contributed by atoms with Gasteiger partial charge in [-0.3, -0.25) is 0 Å². The zero-order chi connectivity index (χ0) is 17.2. The Morgan fingerprint density at radius 1 is 1.35 bits per heavy atom. The maximum absolute atomic E-state index is 12.7. The summed E-state index contributed by atoms with van der Waals surface area (Å²) in [6, 6.07) is -0.381. The van der Waals surface area contributed by atoms with E-state index in [0.29, 0.717) is 6.07 Å². The van der Waals surface area contributed by atoms with E-state index in [1.165, 1.54) is 0 Å². The number of aromatic nitrogens is 2. The van der Waals surface area contributed by atoms with Crippen LogP contribution < -0.4 is 5.32 Å². The number of aliphatic hydroxyl groups excluding tert-OH is 3. The fourth-order valence-electron chi connectivity index (χ4n) is 2.06. The van der Waals surface area contributed by atoms with Crippen LogP contribution in [0.1, 0.15) is 5.69 Å². The number of nitrogens with zero attached hydrogens (tertiary/aromatic N) is 3. The Hall–Kier alpha value is -2.00. The van der Waals surface area contributed by atoms with Crippen LogP contribution in [0.4, 0.5) is 24.9 Å². The second kappa shape index (κ2) is 6.63. The predicted molar refractivity (Wildman–Crippen MR) is 69.5 cm³/mol. The van der Waals surface area contributed by atoms with Gasteiger partial charge in [0.25, 0.3) is 0 Å². The number of halogens is 3. The van der Waals surface area contributed by atoms with Crippen LogP contribution in [-0.2, 0) is 10.9 Å². The highest BCUT2D eigenvalue weighted by molar-refractivity contribution is 5.44. The quantitative estimate of drug-likeness (QED) is 0.573. The summed E-state index contributed by atoms with van der Waals surface area (Å²) >= 11 is 0. The van der Waals surface area contributed by atoms with Crippen molar-refractivity contribution in [3.8, 4) is 0 Å². The molecule has 1 aromatic heterocycles. The Kier molecular flexibility index (Phi) is 5.00. The molecule has 126 valence electrons. The Balaban J connectivity index is 2.22. The molecule has 0 radical (unpaired) electrons. The number of anilines is 1. The molecule has 8 nitrogen and oxygen atoms in total. The standard InChI is InChI=1S/C12H13F3N4O4/c1-16-11-18-7(12(13,14)15)2-8(19-11)17-5-4-23-6(3-20)10(22)9(5)21/h2,5-6,9-10,20-22H,3-4H2,(H,17,18,19)/t5-,6+,9+,10-/m0/s1. The van der Waals surface area contributed by atoms with Crippen molar-refractivity contribution in [2.45, 2.75) is 30.5 Å². The van der Waals surface area contributed by atoms with Crippen molar-refractivity contribution in [1.82, 2.24) is 9.97 Å². The molecule has 0 aromatic carbocycles. The van der Waals surface area contributed by atoms with Crippen molar-refractivity contribution >= 4 is 11.8 Å². The number of rotatable bonds is 3. The van der Waals surface area contributed by atoms with Gasteiger partial charge in [0.2, 0.25) is 5.69 Å². The molecule has 0 unspecified atom stereocenters. The summed E-state index contributed by atoms with van der Waals surface area (Å²) in [6.45, 7) is 6.05. The number of nitrogens with one attached hydrogen (secondary N) is 1. The van der Waals surface area contributed by atoms with Gasteiger partial charge < -0.3 is 30.2 Å². The topological polar surface area (TPSA) is 112 Å². The number of aliphatic hydroxyl groups is 3. The lowest BCUT2D eigenvalue weighted by molar-refractivity contribution is -0.152. The lowest BCUT2D eigenvalue weighted by Crippen LogP contribution is -2.56. The monoisotopic (exact) mass is 334 g/mol. The molecule has 4 N–H and O–H groups in total. The average molecular weight is 334 g/mol. The average Bonchev–Trinajstić information content (AvgIpc) is 2.51. The van der Waals surface area contributed by atoms with Crippen molar-refractivity contribution in [1.29, 1.82) is 0 Å². The molecule has 1 saturated heterocycles. The van der Waals surface area contributed by atoms with Gasteiger partial charge in [-0.15, -0.1) is 16.5 Å². The zero-order valence-electron chi connectivity index (χ0n) is 11.5. The maximum Gasteiger partial charge on any atom is 0.447 e. The van der Waals surface area contributed by atoms with Gasteiger partial charge in [0, 0.05) is 6.07 Å². The van der Waals surface area contributed by atoms with Gasteiger partial charge in [-0.2, -0.15) is 13.2 Å². The van der Waals surface area contributed by atoms with E-state index in [-0.39, 0.29) is 12.4 Å². The second-order valence-electron chi connectivity index (χ2n) is 4.83. The van der Waals surface area contributed by atoms with Gasteiger partial charge in [-0.1, -0.05) is 0 Å². The first-order chi connectivity index (χ1) is 10.8. The Morgan fingerprint density at radius 2 is 2.04 bits per heavy atom. The van der Waals surface area contributed by atoms with Gasteiger partial charge >= 0.3 is 12.1 Å². The van der Waals surface area contributed by atoms with Gasteiger partial charge in [-0.05, 0) is 0 Å². The van der Waals surface area contributed by atoms with Crippen molar-refractivity contribution in [2.75, 3.05) is 18.5 Å². The first kappa shape index (κ1) is 17.4. The third-order valence-electron chi connectivity index (χ3n) is 3.25. The van der Waals surface area contributed by atoms with Gasteiger partial charge in [0.05, 0.1) is 19.3 Å². The van der Waals surface area contributed by atoms with Crippen LogP contribution in [0.25, 0.3) is 4.85 Å². The predicted octanol–water partition coefficient (Wildman–Crippen LogP) is -0.0604. The minimum absolute atomic E-state index is 0.178. The van der Waals surface area contributed by atoms with Crippen LogP contribution in [0.15, 0.2) is 6.07 Å². The van der Waals surface area contributed by atoms with Crippen molar-refractivity contribution < 1.29 is 33.2 Å². The van der Waals surface area contributed by atoms with Crippen LogP contribution in [-0.4, -0.2) is 62.9 Å². The maximum atomic E-state index is 12.7. The zero-order valence-corrected chi connectivity index (χ0v) is 11.5. The lowest BCUT2D eigenvalue weighted by Gasteiger charge is -2.37.